The number of aliphatic hydroxyl groups excluding tert-OH is 1. The van der Waals surface area contributed by atoms with E-state index in [9.17, 15) is 5.11 Å². The van der Waals surface area contributed by atoms with Gasteiger partial charge in [0.15, 0.2) is 0 Å². The summed E-state index contributed by atoms with van der Waals surface area (Å²) in [6.07, 6.45) is 2.12. The third kappa shape index (κ3) is 2.05. The molecule has 0 aliphatic heterocycles. The van der Waals surface area contributed by atoms with Gasteiger partial charge in [-0.3, -0.25) is 0 Å². The molecule has 3 unspecified atom stereocenters. The van der Waals surface area contributed by atoms with Gasteiger partial charge in [0.05, 0.1) is 10.7 Å². The fraction of sp³-hybridized carbons (Fsp3) is 0.286. The van der Waals surface area contributed by atoms with Crippen molar-refractivity contribution >= 4 is 15.9 Å². The minimum atomic E-state index is -0.510. The second-order valence-electron chi connectivity index (χ2n) is 4.49. The molecule has 3 rings (SSSR count). The van der Waals surface area contributed by atoms with Crippen LogP contribution in [-0.4, -0.2) is 5.11 Å². The zero-order valence-electron chi connectivity index (χ0n) is 9.21. The lowest BCUT2D eigenvalue weighted by Gasteiger charge is -2.08. The number of rotatable bonds is 3. The normalized spacial score (nSPS) is 24.6. The summed E-state index contributed by atoms with van der Waals surface area (Å²) in [5, 5.41) is 10.2. The molecule has 3 atom stereocenters. The van der Waals surface area contributed by atoms with Crippen molar-refractivity contribution in [3.8, 4) is 0 Å². The lowest BCUT2D eigenvalue weighted by molar-refractivity contribution is 0.124. The Hall–Kier alpha value is -1.06. The van der Waals surface area contributed by atoms with E-state index < -0.39 is 6.10 Å². The van der Waals surface area contributed by atoms with Crippen LogP contribution in [0.15, 0.2) is 51.6 Å². The van der Waals surface area contributed by atoms with Crippen LogP contribution < -0.4 is 0 Å². The molecule has 0 amide bonds. The van der Waals surface area contributed by atoms with E-state index in [-0.39, 0.29) is 5.92 Å². The number of furan rings is 1. The standard InChI is InChI=1S/C14H13BrO2/c15-12-6-7-17-14(12)13(16)11-8-10(11)9-4-2-1-3-5-9/h1-7,10-11,13,16H,8H2. The molecule has 1 N–H and O–H groups in total. The summed E-state index contributed by atoms with van der Waals surface area (Å²) in [4.78, 5) is 0. The van der Waals surface area contributed by atoms with Crippen molar-refractivity contribution in [3.63, 3.8) is 0 Å². The molecule has 1 saturated carbocycles. The Labute approximate surface area is 108 Å². The van der Waals surface area contributed by atoms with Crippen LogP contribution in [0.25, 0.3) is 0 Å². The first-order valence-electron chi connectivity index (χ1n) is 5.73. The average molecular weight is 293 g/mol. The number of halogens is 1. The highest BCUT2D eigenvalue weighted by Gasteiger charge is 2.45. The van der Waals surface area contributed by atoms with Gasteiger partial charge in [-0.2, -0.15) is 0 Å². The van der Waals surface area contributed by atoms with Gasteiger partial charge in [-0.1, -0.05) is 30.3 Å². The largest absolute Gasteiger partial charge is 0.465 e. The first-order valence-corrected chi connectivity index (χ1v) is 6.52. The summed E-state index contributed by atoms with van der Waals surface area (Å²) in [6.45, 7) is 0. The lowest BCUT2D eigenvalue weighted by atomic mass is 10.1. The molecule has 0 bridgehead atoms. The first kappa shape index (κ1) is 11.1. The third-order valence-corrected chi connectivity index (χ3v) is 4.04. The van der Waals surface area contributed by atoms with Gasteiger partial charge in [0.2, 0.25) is 0 Å². The van der Waals surface area contributed by atoms with Gasteiger partial charge in [0.1, 0.15) is 11.9 Å². The molecule has 1 aromatic heterocycles. The number of hydrogen-bond acceptors (Lipinski definition) is 2. The second-order valence-corrected chi connectivity index (χ2v) is 5.35. The minimum absolute atomic E-state index is 0.278. The average Bonchev–Trinajstić information content (AvgIpc) is 3.05. The van der Waals surface area contributed by atoms with Crippen LogP contribution in [0.3, 0.4) is 0 Å². The van der Waals surface area contributed by atoms with E-state index in [2.05, 4.69) is 28.1 Å². The van der Waals surface area contributed by atoms with E-state index >= 15 is 0 Å². The van der Waals surface area contributed by atoms with Crippen LogP contribution in [0, 0.1) is 5.92 Å². The van der Waals surface area contributed by atoms with E-state index in [0.29, 0.717) is 11.7 Å². The third-order valence-electron chi connectivity index (χ3n) is 3.39. The molecule has 1 fully saturated rings. The summed E-state index contributed by atoms with van der Waals surface area (Å²) >= 11 is 3.39. The first-order chi connectivity index (χ1) is 8.27. The van der Waals surface area contributed by atoms with Crippen molar-refractivity contribution in [2.75, 3.05) is 0 Å². The summed E-state index contributed by atoms with van der Waals surface area (Å²) in [6, 6.07) is 12.2. The molecule has 2 nitrogen and oxygen atoms in total. The highest BCUT2D eigenvalue weighted by atomic mass is 79.9. The molecular weight excluding hydrogens is 280 g/mol. The van der Waals surface area contributed by atoms with Crippen LogP contribution >= 0.6 is 15.9 Å². The molecule has 3 heteroatoms. The Bertz CT molecular complexity index is 506. The summed E-state index contributed by atoms with van der Waals surface area (Å²) in [7, 11) is 0. The summed E-state index contributed by atoms with van der Waals surface area (Å²) in [5.41, 5.74) is 1.30. The van der Waals surface area contributed by atoms with Crippen LogP contribution in [0.2, 0.25) is 0 Å². The van der Waals surface area contributed by atoms with Crippen molar-refractivity contribution in [3.05, 3.63) is 58.5 Å². The van der Waals surface area contributed by atoms with Gasteiger partial charge >= 0.3 is 0 Å². The summed E-state index contributed by atoms with van der Waals surface area (Å²) < 4.78 is 6.17. The maximum absolute atomic E-state index is 10.2. The van der Waals surface area contributed by atoms with Crippen molar-refractivity contribution in [1.82, 2.24) is 0 Å². The molecule has 2 aromatic rings. The Balaban J connectivity index is 1.75. The van der Waals surface area contributed by atoms with E-state index in [4.69, 9.17) is 4.42 Å². The van der Waals surface area contributed by atoms with Crippen molar-refractivity contribution in [2.45, 2.75) is 18.4 Å². The Kier molecular flexibility index (Phi) is 2.81. The van der Waals surface area contributed by atoms with Gasteiger partial charge in [-0.05, 0) is 45.8 Å². The Morgan fingerprint density at radius 3 is 2.65 bits per heavy atom. The molecule has 17 heavy (non-hydrogen) atoms. The van der Waals surface area contributed by atoms with Gasteiger partial charge in [0.25, 0.3) is 0 Å². The fourth-order valence-corrected chi connectivity index (χ4v) is 2.79. The van der Waals surface area contributed by atoms with Crippen molar-refractivity contribution in [2.24, 2.45) is 5.92 Å². The minimum Gasteiger partial charge on any atom is -0.465 e. The molecule has 1 aliphatic rings. The van der Waals surface area contributed by atoms with Crippen LogP contribution in [0.4, 0.5) is 0 Å². The summed E-state index contributed by atoms with van der Waals surface area (Å²) in [5.74, 6) is 1.39. The van der Waals surface area contributed by atoms with Crippen LogP contribution in [0.1, 0.15) is 29.8 Å². The predicted molar refractivity (Wildman–Crippen MR) is 68.7 cm³/mol. The number of aliphatic hydroxyl groups is 1. The van der Waals surface area contributed by atoms with E-state index in [1.54, 1.807) is 6.26 Å². The molecule has 0 radical (unpaired) electrons. The van der Waals surface area contributed by atoms with Gasteiger partial charge in [0, 0.05) is 0 Å². The Morgan fingerprint density at radius 2 is 2.00 bits per heavy atom. The number of benzene rings is 1. The van der Waals surface area contributed by atoms with Gasteiger partial charge in [-0.25, -0.2) is 0 Å². The fourth-order valence-electron chi connectivity index (χ4n) is 2.36. The van der Waals surface area contributed by atoms with Gasteiger partial charge < -0.3 is 9.52 Å². The lowest BCUT2D eigenvalue weighted by Crippen LogP contribution is -2.00. The SMILES string of the molecule is OC(c1occc1Br)C1CC1c1ccccc1. The van der Waals surface area contributed by atoms with Crippen LogP contribution in [0.5, 0.6) is 0 Å². The van der Waals surface area contributed by atoms with E-state index in [0.717, 1.165) is 10.9 Å². The zero-order chi connectivity index (χ0) is 11.8. The molecule has 1 aliphatic carbocycles. The second kappa shape index (κ2) is 4.31. The quantitative estimate of drug-likeness (QED) is 0.931. The van der Waals surface area contributed by atoms with Crippen molar-refractivity contribution in [1.29, 1.82) is 0 Å². The predicted octanol–water partition coefficient (Wildman–Crippen LogP) is 3.88. The van der Waals surface area contributed by atoms with Crippen molar-refractivity contribution < 1.29 is 9.52 Å². The van der Waals surface area contributed by atoms with E-state index in [1.807, 2.05) is 24.3 Å². The highest BCUT2D eigenvalue weighted by Crippen LogP contribution is 2.54. The van der Waals surface area contributed by atoms with Crippen LogP contribution in [-0.2, 0) is 0 Å². The van der Waals surface area contributed by atoms with Gasteiger partial charge in [-0.15, -0.1) is 0 Å². The molecule has 88 valence electrons. The molecule has 0 saturated heterocycles. The van der Waals surface area contributed by atoms with E-state index in [1.165, 1.54) is 5.56 Å². The molecule has 1 heterocycles. The monoisotopic (exact) mass is 292 g/mol. The molecule has 1 aromatic carbocycles. The zero-order valence-corrected chi connectivity index (χ0v) is 10.8. The maximum atomic E-state index is 10.2. The smallest absolute Gasteiger partial charge is 0.146 e. The number of hydrogen-bond donors (Lipinski definition) is 1. The maximum Gasteiger partial charge on any atom is 0.146 e. The topological polar surface area (TPSA) is 33.4 Å². The molecule has 0 spiro atoms. The Morgan fingerprint density at radius 1 is 1.24 bits per heavy atom. The highest BCUT2D eigenvalue weighted by molar-refractivity contribution is 9.10. The molecular formula is C14H13BrO2.